The highest BCUT2D eigenvalue weighted by Crippen LogP contribution is 2.40. The molecule has 0 aliphatic carbocycles. The first-order valence-corrected chi connectivity index (χ1v) is 15.2. The summed E-state index contributed by atoms with van der Waals surface area (Å²) in [5.74, 6) is 0. The van der Waals surface area contributed by atoms with Gasteiger partial charge in [0.25, 0.3) is 0 Å². The molecule has 1 fully saturated rings. The van der Waals surface area contributed by atoms with E-state index in [1.165, 1.54) is 6.66 Å². The Morgan fingerprint density at radius 1 is 0.724 bits per heavy atom. The third-order valence-electron chi connectivity index (χ3n) is 4.60. The molecular weight excluding hydrogens is 439 g/mol. The second-order valence-electron chi connectivity index (χ2n) is 7.53. The van der Waals surface area contributed by atoms with Crippen LogP contribution in [0, 0.1) is 0 Å². The molecule has 2 unspecified atom stereocenters. The molecule has 0 radical (unpaired) electrons. The van der Waals surface area contributed by atoms with Crippen molar-refractivity contribution < 1.29 is 33.3 Å². The van der Waals surface area contributed by atoms with E-state index in [9.17, 15) is 33.3 Å². The summed E-state index contributed by atoms with van der Waals surface area (Å²) in [6.45, 7) is 3.46. The van der Waals surface area contributed by atoms with Gasteiger partial charge in [-0.25, -0.2) is 0 Å². The highest BCUT2D eigenvalue weighted by Gasteiger charge is 2.28. The average molecular weight is 469 g/mol. The van der Waals surface area contributed by atoms with Crippen LogP contribution >= 0.6 is 22.3 Å². The minimum absolute atomic E-state index is 0.0416. The predicted octanol–water partition coefficient (Wildman–Crippen LogP) is 0.452. The van der Waals surface area contributed by atoms with Gasteiger partial charge in [0.05, 0.1) is 12.6 Å². The molecule has 0 spiro atoms. The maximum absolute atomic E-state index is 12.9. The van der Waals surface area contributed by atoms with E-state index in [1.54, 1.807) is 45.0 Å². The quantitative estimate of drug-likeness (QED) is 0.416. The third kappa shape index (κ3) is 9.53. The zero-order valence-corrected chi connectivity index (χ0v) is 19.1. The first-order chi connectivity index (χ1) is 13.3. The summed E-state index contributed by atoms with van der Waals surface area (Å²) < 4.78 is 36.2. The van der Waals surface area contributed by atoms with Gasteiger partial charge < -0.3 is 19.6 Å². The fraction of sp³-hybridized carbons (Fsp3) is 0.625. The van der Waals surface area contributed by atoms with Crippen molar-refractivity contribution in [2.24, 2.45) is 0 Å². The third-order valence-corrected chi connectivity index (χ3v) is 8.18. The summed E-state index contributed by atoms with van der Waals surface area (Å²) in [7, 11) is -11.2. The van der Waals surface area contributed by atoms with Crippen LogP contribution in [-0.2, 0) is 13.7 Å². The number of hydrogen-bond acceptors (Lipinski definition) is 6. The molecule has 0 saturated carbocycles. The topological polar surface area (TPSA) is 142 Å². The van der Waals surface area contributed by atoms with E-state index in [0.29, 0.717) is 44.6 Å². The molecule has 29 heavy (non-hydrogen) atoms. The molecular formula is C16H30N3O7P3. The summed E-state index contributed by atoms with van der Waals surface area (Å²) in [4.78, 5) is 44.1. The van der Waals surface area contributed by atoms with Gasteiger partial charge >= 0.3 is 7.60 Å². The van der Waals surface area contributed by atoms with Crippen LogP contribution < -0.4 is 5.30 Å². The molecule has 10 nitrogen and oxygen atoms in total. The Morgan fingerprint density at radius 3 is 1.55 bits per heavy atom. The number of benzene rings is 1. The highest BCUT2D eigenvalue weighted by atomic mass is 31.2. The van der Waals surface area contributed by atoms with Crippen LogP contribution in [-0.4, -0.2) is 99.1 Å². The van der Waals surface area contributed by atoms with E-state index in [2.05, 4.69) is 0 Å². The molecule has 0 amide bonds. The minimum atomic E-state index is -4.27. The lowest BCUT2D eigenvalue weighted by molar-refractivity contribution is 0.236. The van der Waals surface area contributed by atoms with Crippen LogP contribution in [0.5, 0.6) is 0 Å². The molecule has 166 valence electrons. The summed E-state index contributed by atoms with van der Waals surface area (Å²) in [6, 6.07) is 8.35. The van der Waals surface area contributed by atoms with Crippen LogP contribution in [0.3, 0.4) is 0 Å². The van der Waals surface area contributed by atoms with E-state index >= 15 is 0 Å². The summed E-state index contributed by atoms with van der Waals surface area (Å²) in [5.41, 5.74) is 0. The molecule has 0 bridgehead atoms. The van der Waals surface area contributed by atoms with E-state index in [1.807, 2.05) is 0 Å². The van der Waals surface area contributed by atoms with Crippen LogP contribution in [0.15, 0.2) is 30.3 Å². The monoisotopic (exact) mass is 469 g/mol. The first kappa shape index (κ1) is 24.9. The van der Waals surface area contributed by atoms with Gasteiger partial charge in [-0.3, -0.25) is 28.4 Å². The fourth-order valence-corrected chi connectivity index (χ4v) is 6.71. The van der Waals surface area contributed by atoms with Crippen LogP contribution in [0.1, 0.15) is 0 Å². The number of nitrogens with zero attached hydrogens (tertiary/aromatic N) is 3. The van der Waals surface area contributed by atoms with Gasteiger partial charge in [-0.15, -0.1) is 0 Å². The second-order valence-corrected chi connectivity index (χ2v) is 13.7. The standard InChI is InChI=1S/C16H30N3O7P3/c1-27(20,21)13-17-7-9-18(10-12-19(11-8-17)15-29(24,25)26)14-28(22,23)16-5-3-2-4-6-16/h2-6H,7-15H2,1H3,(H,20,21)(H,22,23)(H2,24,25,26). The zero-order valence-electron chi connectivity index (χ0n) is 16.4. The maximum Gasteiger partial charge on any atom is 0.339 e. The van der Waals surface area contributed by atoms with Crippen molar-refractivity contribution in [1.82, 2.24) is 14.7 Å². The van der Waals surface area contributed by atoms with Gasteiger partial charge in [0.15, 0.2) is 0 Å². The lowest BCUT2D eigenvalue weighted by Crippen LogP contribution is -2.37. The second kappa shape index (κ2) is 10.3. The molecule has 2 atom stereocenters. The Morgan fingerprint density at radius 2 is 1.14 bits per heavy atom. The van der Waals surface area contributed by atoms with Gasteiger partial charge in [-0.1, -0.05) is 18.2 Å². The molecule has 0 aromatic heterocycles. The molecule has 1 heterocycles. The van der Waals surface area contributed by atoms with Gasteiger partial charge in [-0.2, -0.15) is 0 Å². The van der Waals surface area contributed by atoms with Crippen molar-refractivity contribution in [3.8, 4) is 0 Å². The normalized spacial score (nSPS) is 22.8. The Kier molecular flexibility index (Phi) is 8.84. The Labute approximate surface area is 171 Å². The van der Waals surface area contributed by atoms with E-state index < -0.39 is 28.6 Å². The predicted molar refractivity (Wildman–Crippen MR) is 113 cm³/mol. The van der Waals surface area contributed by atoms with E-state index in [-0.39, 0.29) is 12.6 Å². The molecule has 2 rings (SSSR count). The van der Waals surface area contributed by atoms with Crippen LogP contribution in [0.4, 0.5) is 0 Å². The molecule has 1 aliphatic heterocycles. The smallest absolute Gasteiger partial charge is 0.339 e. The number of rotatable bonds is 7. The summed E-state index contributed by atoms with van der Waals surface area (Å²) >= 11 is 0. The Bertz CT molecular complexity index is 762. The Balaban J connectivity index is 2.15. The first-order valence-electron chi connectivity index (χ1n) is 9.22. The van der Waals surface area contributed by atoms with Crippen molar-refractivity contribution in [2.45, 2.75) is 0 Å². The number of hydrogen-bond donors (Lipinski definition) is 4. The molecule has 13 heteroatoms. The maximum atomic E-state index is 12.9. The van der Waals surface area contributed by atoms with Crippen molar-refractivity contribution in [3.63, 3.8) is 0 Å². The molecule has 4 N–H and O–H groups in total. The summed E-state index contributed by atoms with van der Waals surface area (Å²) in [5, 5.41) is 0.345. The SMILES string of the molecule is CP(=O)(O)CN1CCN(CP(=O)(O)O)CCN(CP(=O)(O)c2ccccc2)CC1. The minimum Gasteiger partial charge on any atom is -0.344 e. The average Bonchev–Trinajstić information content (AvgIpc) is 2.66. The molecule has 1 aliphatic rings. The lowest BCUT2D eigenvalue weighted by Gasteiger charge is -2.27. The molecule has 1 aromatic rings. The lowest BCUT2D eigenvalue weighted by atomic mass is 10.4. The highest BCUT2D eigenvalue weighted by molar-refractivity contribution is 7.66. The van der Waals surface area contributed by atoms with Crippen molar-refractivity contribution in [3.05, 3.63) is 30.3 Å². The van der Waals surface area contributed by atoms with Crippen molar-refractivity contribution >= 4 is 27.6 Å². The summed E-state index contributed by atoms with van der Waals surface area (Å²) in [6.07, 6.45) is -0.565. The van der Waals surface area contributed by atoms with Gasteiger partial charge in [0.2, 0.25) is 14.7 Å². The van der Waals surface area contributed by atoms with Gasteiger partial charge in [-0.05, 0) is 12.1 Å². The van der Waals surface area contributed by atoms with Gasteiger partial charge in [0.1, 0.15) is 6.29 Å². The largest absolute Gasteiger partial charge is 0.344 e. The van der Waals surface area contributed by atoms with Crippen LogP contribution in [0.25, 0.3) is 0 Å². The van der Waals surface area contributed by atoms with E-state index in [4.69, 9.17) is 0 Å². The fourth-order valence-electron chi connectivity index (χ4n) is 3.25. The van der Waals surface area contributed by atoms with E-state index in [0.717, 1.165) is 0 Å². The molecule has 1 aromatic carbocycles. The van der Waals surface area contributed by atoms with Crippen molar-refractivity contribution in [2.75, 3.05) is 64.8 Å². The zero-order chi connectivity index (χ0) is 21.7. The van der Waals surface area contributed by atoms with Crippen LogP contribution in [0.2, 0.25) is 0 Å². The Hall–Kier alpha value is -0.370. The molecule has 1 saturated heterocycles. The van der Waals surface area contributed by atoms with Gasteiger partial charge in [0, 0.05) is 51.2 Å². The van der Waals surface area contributed by atoms with Crippen molar-refractivity contribution in [1.29, 1.82) is 0 Å².